The van der Waals surface area contributed by atoms with Crippen LogP contribution in [0.1, 0.15) is 51.0 Å². The van der Waals surface area contributed by atoms with Gasteiger partial charge in [-0.05, 0) is 54.3 Å². The Hall–Kier alpha value is -2.86. The van der Waals surface area contributed by atoms with Crippen molar-refractivity contribution in [2.75, 3.05) is 13.2 Å². The van der Waals surface area contributed by atoms with E-state index in [0.29, 0.717) is 25.5 Å². The molecule has 2 amide bonds. The van der Waals surface area contributed by atoms with Gasteiger partial charge in [0.05, 0.1) is 12.2 Å². The summed E-state index contributed by atoms with van der Waals surface area (Å²) >= 11 is 0. The Labute approximate surface area is 175 Å². The molecule has 158 valence electrons. The Bertz CT molecular complexity index is 1070. The summed E-state index contributed by atoms with van der Waals surface area (Å²) in [7, 11) is 0. The molecule has 0 spiro atoms. The fourth-order valence-electron chi connectivity index (χ4n) is 4.22. The first-order valence-electron chi connectivity index (χ1n) is 10.7. The summed E-state index contributed by atoms with van der Waals surface area (Å²) in [5, 5.41) is 8.92. The van der Waals surface area contributed by atoms with Crippen molar-refractivity contribution >= 4 is 33.6 Å². The highest BCUT2D eigenvalue weighted by molar-refractivity contribution is 6.10. The van der Waals surface area contributed by atoms with Crippen LogP contribution in [0.5, 0.6) is 5.75 Å². The molecule has 0 bridgehead atoms. The van der Waals surface area contributed by atoms with Gasteiger partial charge in [0.2, 0.25) is 11.8 Å². The molecule has 2 N–H and O–H groups in total. The lowest BCUT2D eigenvalue weighted by atomic mass is 9.89. The minimum absolute atomic E-state index is 0.214. The molecule has 3 aromatic rings. The Morgan fingerprint density at radius 1 is 1.20 bits per heavy atom. The molecule has 0 aliphatic carbocycles. The number of fused-ring (bicyclic) bond motifs is 3. The lowest BCUT2D eigenvalue weighted by molar-refractivity contribution is -0.134. The number of nitrogens with one attached hydrogen (secondary N) is 2. The molecule has 6 nitrogen and oxygen atoms in total. The van der Waals surface area contributed by atoms with Crippen molar-refractivity contribution < 1.29 is 18.7 Å². The van der Waals surface area contributed by atoms with Gasteiger partial charge in [-0.25, -0.2) is 0 Å². The Kier molecular flexibility index (Phi) is 6.04. The Balaban J connectivity index is 1.56. The van der Waals surface area contributed by atoms with Crippen LogP contribution in [0.2, 0.25) is 0 Å². The monoisotopic (exact) mass is 408 g/mol. The molecule has 2 aromatic carbocycles. The van der Waals surface area contributed by atoms with Gasteiger partial charge < -0.3 is 14.5 Å². The summed E-state index contributed by atoms with van der Waals surface area (Å²) in [5.41, 5.74) is 1.58. The molecule has 1 aliphatic rings. The van der Waals surface area contributed by atoms with Crippen LogP contribution in [0.25, 0.3) is 21.7 Å². The zero-order valence-corrected chi connectivity index (χ0v) is 17.5. The van der Waals surface area contributed by atoms with E-state index in [1.54, 1.807) is 6.26 Å². The van der Waals surface area contributed by atoms with E-state index < -0.39 is 0 Å². The van der Waals surface area contributed by atoms with Crippen molar-refractivity contribution in [2.24, 2.45) is 0 Å². The van der Waals surface area contributed by atoms with Crippen LogP contribution >= 0.6 is 0 Å². The lowest BCUT2D eigenvalue weighted by Crippen LogP contribution is -2.39. The first-order chi connectivity index (χ1) is 14.6. The Morgan fingerprint density at radius 3 is 2.80 bits per heavy atom. The molecule has 30 heavy (non-hydrogen) atoms. The molecule has 4 rings (SSSR count). The highest BCUT2D eigenvalue weighted by Gasteiger charge is 2.30. The molecule has 1 unspecified atom stereocenters. The maximum Gasteiger partial charge on any atom is 0.234 e. The molecule has 0 saturated carbocycles. The average molecular weight is 408 g/mol. The summed E-state index contributed by atoms with van der Waals surface area (Å²) in [4.78, 5) is 23.9. The minimum atomic E-state index is -0.373. The molecule has 1 fully saturated rings. The molecule has 6 heteroatoms. The van der Waals surface area contributed by atoms with Gasteiger partial charge in [0.15, 0.2) is 0 Å². The lowest BCUT2D eigenvalue weighted by Gasteiger charge is -2.20. The third-order valence-corrected chi connectivity index (χ3v) is 5.96. The van der Waals surface area contributed by atoms with Gasteiger partial charge in [-0.15, -0.1) is 0 Å². The number of ether oxygens (including phenoxy) is 1. The number of piperidine rings is 1. The average Bonchev–Trinajstić information content (AvgIpc) is 3.18. The van der Waals surface area contributed by atoms with Crippen molar-refractivity contribution in [3.8, 4) is 5.75 Å². The number of hydrogen-bond acceptors (Lipinski definition) is 5. The molecule has 1 aliphatic heterocycles. The van der Waals surface area contributed by atoms with Crippen LogP contribution in [-0.2, 0) is 9.59 Å². The zero-order chi connectivity index (χ0) is 21.1. The third-order valence-electron chi connectivity index (χ3n) is 5.96. The van der Waals surface area contributed by atoms with Gasteiger partial charge in [0, 0.05) is 30.0 Å². The maximum absolute atomic E-state index is 12.4. The number of furan rings is 1. The zero-order valence-electron chi connectivity index (χ0n) is 17.5. The largest absolute Gasteiger partial charge is 0.492 e. The second-order valence-corrected chi connectivity index (χ2v) is 7.83. The van der Waals surface area contributed by atoms with Gasteiger partial charge in [-0.1, -0.05) is 19.9 Å². The first-order valence-corrected chi connectivity index (χ1v) is 10.7. The highest BCUT2D eigenvalue weighted by atomic mass is 16.5. The van der Waals surface area contributed by atoms with Crippen molar-refractivity contribution in [2.45, 2.75) is 51.5 Å². The van der Waals surface area contributed by atoms with Gasteiger partial charge in [0.1, 0.15) is 17.9 Å². The van der Waals surface area contributed by atoms with Gasteiger partial charge in [-0.2, -0.15) is 0 Å². The van der Waals surface area contributed by atoms with E-state index in [9.17, 15) is 9.59 Å². The van der Waals surface area contributed by atoms with E-state index in [2.05, 4.69) is 24.5 Å². The second kappa shape index (κ2) is 8.88. The van der Waals surface area contributed by atoms with Crippen LogP contribution in [0.15, 0.2) is 41.0 Å². The molecule has 1 aromatic heterocycles. The van der Waals surface area contributed by atoms with E-state index in [0.717, 1.165) is 52.4 Å². The smallest absolute Gasteiger partial charge is 0.234 e. The Morgan fingerprint density at radius 2 is 2.03 bits per heavy atom. The quantitative estimate of drug-likeness (QED) is 0.430. The number of benzene rings is 2. The summed E-state index contributed by atoms with van der Waals surface area (Å²) < 4.78 is 11.7. The number of carbonyl (C=O) groups excluding carboxylic acids is 2. The molecule has 2 heterocycles. The van der Waals surface area contributed by atoms with Gasteiger partial charge in [-0.3, -0.25) is 14.9 Å². The number of hydrogen-bond donors (Lipinski definition) is 2. The standard InChI is InChI=1S/C24H28N2O4/c1-3-16(4-2)25-11-12-29-17-6-7-18-15(13-17)5-9-21-23(18)20(14-30-21)19-8-10-22(27)26-24(19)28/h5-7,9,13-14,16,19,25H,3-4,8,10-12H2,1-2H3,(H,26,27,28). The summed E-state index contributed by atoms with van der Waals surface area (Å²) in [6, 6.07) is 10.5. The SMILES string of the molecule is CCC(CC)NCCOc1ccc2c(ccc3occ(C4CCC(=O)NC4=O)c32)c1. The first kappa shape index (κ1) is 20.4. The fourth-order valence-corrected chi connectivity index (χ4v) is 4.22. The molecule has 1 atom stereocenters. The summed E-state index contributed by atoms with van der Waals surface area (Å²) in [6.45, 7) is 5.79. The van der Waals surface area contributed by atoms with Crippen molar-refractivity contribution in [1.29, 1.82) is 0 Å². The molecular weight excluding hydrogens is 380 g/mol. The number of carbonyl (C=O) groups is 2. The predicted octanol–water partition coefficient (Wildman–Crippen LogP) is 4.26. The normalized spacial score (nSPS) is 17.1. The van der Waals surface area contributed by atoms with Crippen LogP contribution in [-0.4, -0.2) is 31.0 Å². The van der Waals surface area contributed by atoms with Crippen molar-refractivity contribution in [1.82, 2.24) is 10.6 Å². The summed E-state index contributed by atoms with van der Waals surface area (Å²) in [6.07, 6.45) is 4.72. The summed E-state index contributed by atoms with van der Waals surface area (Å²) in [5.74, 6) is -0.0221. The van der Waals surface area contributed by atoms with Crippen LogP contribution in [0, 0.1) is 0 Å². The second-order valence-electron chi connectivity index (χ2n) is 7.83. The van der Waals surface area contributed by atoms with E-state index in [1.807, 2.05) is 30.3 Å². The molecule has 1 saturated heterocycles. The third kappa shape index (κ3) is 4.05. The van der Waals surface area contributed by atoms with Crippen LogP contribution in [0.3, 0.4) is 0 Å². The van der Waals surface area contributed by atoms with E-state index >= 15 is 0 Å². The fraction of sp³-hybridized carbons (Fsp3) is 0.417. The van der Waals surface area contributed by atoms with Crippen molar-refractivity contribution in [3.05, 3.63) is 42.2 Å². The van der Waals surface area contributed by atoms with Gasteiger partial charge >= 0.3 is 0 Å². The maximum atomic E-state index is 12.4. The number of rotatable bonds is 8. The van der Waals surface area contributed by atoms with Crippen LogP contribution in [0.4, 0.5) is 0 Å². The van der Waals surface area contributed by atoms with Gasteiger partial charge in [0.25, 0.3) is 0 Å². The number of imide groups is 1. The predicted molar refractivity (Wildman–Crippen MR) is 117 cm³/mol. The molecular formula is C24H28N2O4. The van der Waals surface area contributed by atoms with E-state index in [-0.39, 0.29) is 17.7 Å². The minimum Gasteiger partial charge on any atom is -0.492 e. The van der Waals surface area contributed by atoms with E-state index in [4.69, 9.17) is 9.15 Å². The van der Waals surface area contributed by atoms with Crippen LogP contribution < -0.4 is 15.4 Å². The van der Waals surface area contributed by atoms with E-state index in [1.165, 1.54) is 0 Å². The molecule has 0 radical (unpaired) electrons. The highest BCUT2D eigenvalue weighted by Crippen LogP contribution is 2.37. The number of amides is 2. The van der Waals surface area contributed by atoms with Crippen molar-refractivity contribution in [3.63, 3.8) is 0 Å². The topological polar surface area (TPSA) is 80.6 Å².